The SMILES string of the molecule is Nc1nc(Cl)nc2c1c(-c1nc(Cc3ccccc3)cs1)cn2[C@@H]1C[C@H](CNCCCNCCc2ccccc2)[C@@H](O)[C@H]1O. The fourth-order valence-corrected chi connectivity index (χ4v) is 7.09. The molecule has 3 aromatic heterocycles. The first-order chi connectivity index (χ1) is 21.5. The molecule has 0 saturated heterocycles. The maximum absolute atomic E-state index is 11.2. The van der Waals surface area contributed by atoms with Gasteiger partial charge in [0.05, 0.1) is 23.2 Å². The number of aromatic nitrogens is 4. The molecule has 0 radical (unpaired) electrons. The van der Waals surface area contributed by atoms with E-state index in [4.69, 9.17) is 22.3 Å². The lowest BCUT2D eigenvalue weighted by molar-refractivity contribution is 0.00695. The number of rotatable bonds is 13. The summed E-state index contributed by atoms with van der Waals surface area (Å²) in [6.07, 6.45) is 3.37. The number of nitrogens with zero attached hydrogens (tertiary/aromatic N) is 4. The molecule has 1 saturated carbocycles. The Morgan fingerprint density at radius 1 is 0.909 bits per heavy atom. The zero-order valence-corrected chi connectivity index (χ0v) is 26.0. The van der Waals surface area contributed by atoms with Gasteiger partial charge in [-0.25, -0.2) is 9.97 Å². The van der Waals surface area contributed by atoms with Crippen LogP contribution in [-0.4, -0.2) is 68.1 Å². The van der Waals surface area contributed by atoms with E-state index in [-0.39, 0.29) is 17.0 Å². The highest BCUT2D eigenvalue weighted by Crippen LogP contribution is 2.42. The summed E-state index contributed by atoms with van der Waals surface area (Å²) in [5, 5.41) is 32.7. The van der Waals surface area contributed by atoms with E-state index in [9.17, 15) is 10.2 Å². The van der Waals surface area contributed by atoms with Crippen LogP contribution >= 0.6 is 22.9 Å². The van der Waals surface area contributed by atoms with Gasteiger partial charge in [0.15, 0.2) is 0 Å². The number of anilines is 1. The van der Waals surface area contributed by atoms with Gasteiger partial charge in [-0.2, -0.15) is 4.98 Å². The molecule has 6 N–H and O–H groups in total. The number of hydrogen-bond acceptors (Lipinski definition) is 9. The minimum Gasteiger partial charge on any atom is -0.390 e. The van der Waals surface area contributed by atoms with Crippen molar-refractivity contribution in [2.24, 2.45) is 5.92 Å². The molecule has 2 aromatic carbocycles. The van der Waals surface area contributed by atoms with Gasteiger partial charge >= 0.3 is 0 Å². The molecule has 6 rings (SSSR count). The minimum absolute atomic E-state index is 0.0356. The molecular weight excluding hydrogens is 594 g/mol. The molecule has 1 fully saturated rings. The van der Waals surface area contributed by atoms with Crippen LogP contribution in [0.15, 0.2) is 72.2 Å². The van der Waals surface area contributed by atoms with Crippen molar-refractivity contribution >= 4 is 39.8 Å². The van der Waals surface area contributed by atoms with Gasteiger partial charge in [0.1, 0.15) is 22.6 Å². The van der Waals surface area contributed by atoms with Crippen LogP contribution < -0.4 is 16.4 Å². The summed E-state index contributed by atoms with van der Waals surface area (Å²) < 4.78 is 1.90. The van der Waals surface area contributed by atoms with Gasteiger partial charge in [-0.05, 0) is 61.6 Å². The number of nitrogens with two attached hydrogens (primary N) is 1. The smallest absolute Gasteiger partial charge is 0.226 e. The molecule has 1 aliphatic carbocycles. The van der Waals surface area contributed by atoms with E-state index >= 15 is 0 Å². The van der Waals surface area contributed by atoms with Crippen LogP contribution in [0.25, 0.3) is 21.6 Å². The van der Waals surface area contributed by atoms with Crippen LogP contribution in [0.5, 0.6) is 0 Å². The Balaban J connectivity index is 1.10. The van der Waals surface area contributed by atoms with E-state index < -0.39 is 18.2 Å². The number of benzene rings is 2. The van der Waals surface area contributed by atoms with Crippen molar-refractivity contribution in [3.05, 3.63) is 94.3 Å². The number of nitrogen functional groups attached to an aromatic ring is 1. The second kappa shape index (κ2) is 14.2. The Labute approximate surface area is 266 Å². The number of hydrogen-bond donors (Lipinski definition) is 5. The van der Waals surface area contributed by atoms with Gasteiger partial charge in [-0.1, -0.05) is 60.7 Å². The molecule has 1 aliphatic rings. The monoisotopic (exact) mass is 631 g/mol. The van der Waals surface area contributed by atoms with E-state index in [1.54, 1.807) is 0 Å². The number of halogens is 1. The Morgan fingerprint density at radius 2 is 1.64 bits per heavy atom. The van der Waals surface area contributed by atoms with Crippen LogP contribution in [0.2, 0.25) is 5.28 Å². The van der Waals surface area contributed by atoms with Crippen molar-refractivity contribution in [2.45, 2.75) is 43.9 Å². The second-order valence-electron chi connectivity index (χ2n) is 11.4. The first-order valence-corrected chi connectivity index (χ1v) is 16.4. The summed E-state index contributed by atoms with van der Waals surface area (Å²) in [7, 11) is 0. The molecule has 0 bridgehead atoms. The predicted molar refractivity (Wildman–Crippen MR) is 177 cm³/mol. The first-order valence-electron chi connectivity index (χ1n) is 15.1. The van der Waals surface area contributed by atoms with Crippen LogP contribution in [0.4, 0.5) is 5.82 Å². The summed E-state index contributed by atoms with van der Waals surface area (Å²) in [6.45, 7) is 3.30. The largest absolute Gasteiger partial charge is 0.390 e. The molecule has 11 heteroatoms. The first kappa shape index (κ1) is 30.6. The summed E-state index contributed by atoms with van der Waals surface area (Å²) >= 11 is 7.78. The van der Waals surface area contributed by atoms with Gasteiger partial charge < -0.3 is 31.1 Å². The molecule has 5 aromatic rings. The van der Waals surface area contributed by atoms with Crippen LogP contribution in [0.3, 0.4) is 0 Å². The highest BCUT2D eigenvalue weighted by molar-refractivity contribution is 7.13. The van der Waals surface area contributed by atoms with Crippen molar-refractivity contribution in [1.29, 1.82) is 0 Å². The standard InChI is InChI=1S/C33H38ClN7O2S/c34-33-39-30(35)27-25(32-38-24(20-44-32)16-22-10-5-2-6-11-22)19-41(31(27)40-33)26-17-23(28(42)29(26)43)18-37-14-7-13-36-15-12-21-8-3-1-4-9-21/h1-6,8-11,19-20,23,26,28-29,36-37,42-43H,7,12-18H2,(H2,35,39,40)/t23-,26-,28-,29+/m1/s1. The van der Waals surface area contributed by atoms with Crippen molar-refractivity contribution in [3.63, 3.8) is 0 Å². The Hall–Kier alpha value is -3.38. The molecule has 0 unspecified atom stereocenters. The lowest BCUT2D eigenvalue weighted by Gasteiger charge is -2.19. The molecule has 9 nitrogen and oxygen atoms in total. The molecule has 3 heterocycles. The normalized spacial score (nSPS) is 20.1. The lowest BCUT2D eigenvalue weighted by Crippen LogP contribution is -2.34. The topological polar surface area (TPSA) is 134 Å². The van der Waals surface area contributed by atoms with Gasteiger partial charge in [0, 0.05) is 36.0 Å². The van der Waals surface area contributed by atoms with Crippen molar-refractivity contribution in [2.75, 3.05) is 31.9 Å². The van der Waals surface area contributed by atoms with Crippen LogP contribution in [-0.2, 0) is 12.8 Å². The quantitative estimate of drug-likeness (QED) is 0.0949. The van der Waals surface area contributed by atoms with E-state index in [1.807, 2.05) is 40.4 Å². The third kappa shape index (κ3) is 6.96. The van der Waals surface area contributed by atoms with Crippen molar-refractivity contribution in [3.8, 4) is 10.6 Å². The Kier molecular flexibility index (Phi) is 9.85. The zero-order valence-electron chi connectivity index (χ0n) is 24.4. The van der Waals surface area contributed by atoms with Gasteiger partial charge in [-0.15, -0.1) is 11.3 Å². The molecule has 0 aliphatic heterocycles. The average Bonchev–Trinajstić information content (AvgIpc) is 3.72. The predicted octanol–water partition coefficient (Wildman–Crippen LogP) is 4.48. The second-order valence-corrected chi connectivity index (χ2v) is 12.6. The number of aliphatic hydroxyl groups excluding tert-OH is 2. The molecule has 0 spiro atoms. The van der Waals surface area contributed by atoms with Crippen LogP contribution in [0, 0.1) is 5.92 Å². The lowest BCUT2D eigenvalue weighted by atomic mass is 10.1. The highest BCUT2D eigenvalue weighted by Gasteiger charge is 2.43. The molecule has 0 amide bonds. The van der Waals surface area contributed by atoms with Gasteiger partial charge in [-0.3, -0.25) is 0 Å². The molecular formula is C33H38ClN7O2S. The van der Waals surface area contributed by atoms with Crippen LogP contribution in [0.1, 0.15) is 35.7 Å². The Bertz CT molecular complexity index is 1660. The molecule has 230 valence electrons. The zero-order chi connectivity index (χ0) is 30.5. The number of fused-ring (bicyclic) bond motifs is 1. The summed E-state index contributed by atoms with van der Waals surface area (Å²) in [5.41, 5.74) is 11.2. The highest BCUT2D eigenvalue weighted by atomic mass is 35.5. The summed E-state index contributed by atoms with van der Waals surface area (Å²) in [5.74, 6) is 0.145. The van der Waals surface area contributed by atoms with Crippen molar-refractivity contribution < 1.29 is 10.2 Å². The summed E-state index contributed by atoms with van der Waals surface area (Å²) in [6, 6.07) is 20.3. The van der Waals surface area contributed by atoms with Gasteiger partial charge in [0.2, 0.25) is 5.28 Å². The fraction of sp³-hybridized carbons (Fsp3) is 0.364. The van der Waals surface area contributed by atoms with E-state index in [1.165, 1.54) is 22.5 Å². The van der Waals surface area contributed by atoms with E-state index in [0.29, 0.717) is 24.0 Å². The maximum Gasteiger partial charge on any atom is 0.226 e. The molecule has 44 heavy (non-hydrogen) atoms. The number of thiazole rings is 1. The number of aliphatic hydroxyl groups is 2. The number of nitrogens with one attached hydrogen (secondary N) is 2. The van der Waals surface area contributed by atoms with E-state index in [2.05, 4.69) is 57.0 Å². The fourth-order valence-electron chi connectivity index (χ4n) is 6.09. The van der Waals surface area contributed by atoms with Crippen molar-refractivity contribution in [1.82, 2.24) is 30.2 Å². The Morgan fingerprint density at radius 3 is 2.41 bits per heavy atom. The molecule has 4 atom stereocenters. The van der Waals surface area contributed by atoms with E-state index in [0.717, 1.165) is 55.2 Å². The minimum atomic E-state index is -0.968. The summed E-state index contributed by atoms with van der Waals surface area (Å²) in [4.78, 5) is 13.6. The average molecular weight is 632 g/mol. The maximum atomic E-state index is 11.2. The van der Waals surface area contributed by atoms with Gasteiger partial charge in [0.25, 0.3) is 0 Å². The third-order valence-corrected chi connectivity index (χ3v) is 9.45. The third-order valence-electron chi connectivity index (χ3n) is 8.36.